The summed E-state index contributed by atoms with van der Waals surface area (Å²) in [6.07, 6.45) is 10.9. The van der Waals surface area contributed by atoms with E-state index in [4.69, 9.17) is 5.73 Å². The van der Waals surface area contributed by atoms with Crippen LogP contribution in [0.25, 0.3) is 0 Å². The molecule has 0 aromatic carbocycles. The molecule has 4 nitrogen and oxygen atoms in total. The van der Waals surface area contributed by atoms with Crippen LogP contribution in [0.4, 0.5) is 0 Å². The van der Waals surface area contributed by atoms with Gasteiger partial charge in [0.1, 0.15) is 12.2 Å². The molecule has 1 aliphatic rings. The van der Waals surface area contributed by atoms with Gasteiger partial charge in [0.05, 0.1) is 0 Å². The van der Waals surface area contributed by atoms with Crippen LogP contribution >= 0.6 is 0 Å². The Morgan fingerprint density at radius 1 is 1.33 bits per heavy atom. The first-order valence-corrected chi connectivity index (χ1v) is 6.98. The van der Waals surface area contributed by atoms with E-state index in [0.717, 1.165) is 18.7 Å². The quantitative estimate of drug-likeness (QED) is 0.815. The fourth-order valence-electron chi connectivity index (χ4n) is 2.58. The molecule has 0 spiro atoms. The Hall–Kier alpha value is -1.16. The lowest BCUT2D eigenvalue weighted by Gasteiger charge is -2.18. The molecule has 0 amide bonds. The minimum atomic E-state index is 0.163. The van der Waals surface area contributed by atoms with Gasteiger partial charge in [0.15, 0.2) is 0 Å². The van der Waals surface area contributed by atoms with E-state index in [9.17, 15) is 0 Å². The molecule has 1 unspecified atom stereocenters. The molecule has 0 bridgehead atoms. The maximum atomic E-state index is 6.24. The van der Waals surface area contributed by atoms with Crippen molar-refractivity contribution in [2.75, 3.05) is 0 Å². The molecule has 1 aromatic heterocycles. The SMILES string of the molecule is CC(C)n1ncnc1CC(N)CC1=CCCCC1. The van der Waals surface area contributed by atoms with Gasteiger partial charge in [0.2, 0.25) is 0 Å². The summed E-state index contributed by atoms with van der Waals surface area (Å²) < 4.78 is 1.97. The highest BCUT2D eigenvalue weighted by Crippen LogP contribution is 2.21. The Morgan fingerprint density at radius 3 is 2.83 bits per heavy atom. The smallest absolute Gasteiger partial charge is 0.138 e. The molecule has 2 N–H and O–H groups in total. The van der Waals surface area contributed by atoms with Crippen LogP contribution in [0.1, 0.15) is 57.8 Å². The fraction of sp³-hybridized carbons (Fsp3) is 0.714. The lowest BCUT2D eigenvalue weighted by molar-refractivity contribution is 0.487. The van der Waals surface area contributed by atoms with Gasteiger partial charge in [-0.25, -0.2) is 9.67 Å². The summed E-state index contributed by atoms with van der Waals surface area (Å²) in [5.74, 6) is 1.01. The lowest BCUT2D eigenvalue weighted by atomic mass is 9.93. The van der Waals surface area contributed by atoms with Crippen LogP contribution in [0, 0.1) is 0 Å². The summed E-state index contributed by atoms with van der Waals surface area (Å²) >= 11 is 0. The number of hydrogen-bond acceptors (Lipinski definition) is 3. The van der Waals surface area contributed by atoms with Crippen LogP contribution in [0.2, 0.25) is 0 Å². The normalized spacial score (nSPS) is 17.9. The van der Waals surface area contributed by atoms with Crippen molar-refractivity contribution in [3.63, 3.8) is 0 Å². The molecule has 4 heteroatoms. The second kappa shape index (κ2) is 6.14. The van der Waals surface area contributed by atoms with Crippen molar-refractivity contribution in [2.45, 2.75) is 64.5 Å². The van der Waals surface area contributed by atoms with Gasteiger partial charge in [-0.1, -0.05) is 11.6 Å². The van der Waals surface area contributed by atoms with Gasteiger partial charge in [-0.15, -0.1) is 0 Å². The highest BCUT2D eigenvalue weighted by Gasteiger charge is 2.14. The van der Waals surface area contributed by atoms with Gasteiger partial charge in [-0.3, -0.25) is 0 Å². The van der Waals surface area contributed by atoms with E-state index in [1.807, 2.05) is 4.68 Å². The highest BCUT2D eigenvalue weighted by molar-refractivity contribution is 5.07. The lowest BCUT2D eigenvalue weighted by Crippen LogP contribution is -2.26. The van der Waals surface area contributed by atoms with E-state index in [1.165, 1.54) is 31.3 Å². The number of nitrogens with two attached hydrogens (primary N) is 1. The van der Waals surface area contributed by atoms with Crippen molar-refractivity contribution in [3.05, 3.63) is 23.8 Å². The first-order valence-electron chi connectivity index (χ1n) is 6.98. The zero-order valence-corrected chi connectivity index (χ0v) is 11.5. The van der Waals surface area contributed by atoms with Crippen LogP contribution in [0.15, 0.2) is 18.0 Å². The average Bonchev–Trinajstić information content (AvgIpc) is 2.78. The second-order valence-corrected chi connectivity index (χ2v) is 5.49. The summed E-state index contributed by atoms with van der Waals surface area (Å²) in [5, 5.41) is 4.25. The van der Waals surface area contributed by atoms with Crippen molar-refractivity contribution in [1.82, 2.24) is 14.8 Å². The summed E-state index contributed by atoms with van der Waals surface area (Å²) in [6.45, 7) is 4.24. The van der Waals surface area contributed by atoms with E-state index >= 15 is 0 Å². The van der Waals surface area contributed by atoms with Crippen molar-refractivity contribution in [1.29, 1.82) is 0 Å². The second-order valence-electron chi connectivity index (χ2n) is 5.49. The highest BCUT2D eigenvalue weighted by atomic mass is 15.3. The zero-order valence-electron chi connectivity index (χ0n) is 11.5. The van der Waals surface area contributed by atoms with Gasteiger partial charge in [-0.2, -0.15) is 5.10 Å². The van der Waals surface area contributed by atoms with E-state index in [-0.39, 0.29) is 6.04 Å². The van der Waals surface area contributed by atoms with Gasteiger partial charge >= 0.3 is 0 Å². The molecular weight excluding hydrogens is 224 g/mol. The predicted octanol–water partition coefficient (Wildman–Crippen LogP) is 2.62. The summed E-state index contributed by atoms with van der Waals surface area (Å²) in [7, 11) is 0. The Morgan fingerprint density at radius 2 is 2.17 bits per heavy atom. The Balaban J connectivity index is 1.92. The van der Waals surface area contributed by atoms with E-state index < -0.39 is 0 Å². The minimum Gasteiger partial charge on any atom is -0.327 e. The molecule has 0 saturated carbocycles. The van der Waals surface area contributed by atoms with Gasteiger partial charge in [0.25, 0.3) is 0 Å². The van der Waals surface area contributed by atoms with Gasteiger partial charge in [0, 0.05) is 18.5 Å². The predicted molar refractivity (Wildman–Crippen MR) is 73.3 cm³/mol. The molecular formula is C14H24N4. The van der Waals surface area contributed by atoms with Crippen molar-refractivity contribution in [3.8, 4) is 0 Å². The molecule has 18 heavy (non-hydrogen) atoms. The maximum absolute atomic E-state index is 6.24. The largest absolute Gasteiger partial charge is 0.327 e. The van der Waals surface area contributed by atoms with Crippen LogP contribution in [-0.4, -0.2) is 20.8 Å². The van der Waals surface area contributed by atoms with E-state index in [2.05, 4.69) is 30.0 Å². The summed E-state index contributed by atoms with van der Waals surface area (Å²) in [4.78, 5) is 4.32. The van der Waals surface area contributed by atoms with Crippen LogP contribution in [-0.2, 0) is 6.42 Å². The molecule has 1 aromatic rings. The average molecular weight is 248 g/mol. The minimum absolute atomic E-state index is 0.163. The first kappa shape index (κ1) is 13.3. The molecule has 0 radical (unpaired) electrons. The Bertz CT molecular complexity index is 406. The monoisotopic (exact) mass is 248 g/mol. The number of rotatable bonds is 5. The number of hydrogen-bond donors (Lipinski definition) is 1. The molecule has 2 rings (SSSR count). The molecule has 100 valence electrons. The van der Waals surface area contributed by atoms with E-state index in [0.29, 0.717) is 6.04 Å². The van der Waals surface area contributed by atoms with Crippen LogP contribution in [0.5, 0.6) is 0 Å². The topological polar surface area (TPSA) is 56.7 Å². The van der Waals surface area contributed by atoms with Crippen molar-refractivity contribution in [2.24, 2.45) is 5.73 Å². The number of aromatic nitrogens is 3. The Labute approximate surface area is 109 Å². The molecule has 0 aliphatic heterocycles. The van der Waals surface area contributed by atoms with Crippen LogP contribution in [0.3, 0.4) is 0 Å². The third-order valence-corrected chi connectivity index (χ3v) is 3.49. The zero-order chi connectivity index (χ0) is 13.0. The molecule has 0 saturated heterocycles. The standard InChI is InChI=1S/C14H24N4/c1-11(2)18-14(16-10-17-18)9-13(15)8-12-6-4-3-5-7-12/h6,10-11,13H,3-5,7-9,15H2,1-2H3. The van der Waals surface area contributed by atoms with Crippen molar-refractivity contribution < 1.29 is 0 Å². The van der Waals surface area contributed by atoms with E-state index in [1.54, 1.807) is 6.33 Å². The van der Waals surface area contributed by atoms with Gasteiger partial charge in [-0.05, 0) is 46.0 Å². The van der Waals surface area contributed by atoms with Crippen LogP contribution < -0.4 is 5.73 Å². The Kier molecular flexibility index (Phi) is 4.53. The first-order chi connectivity index (χ1) is 8.66. The molecule has 1 heterocycles. The maximum Gasteiger partial charge on any atom is 0.138 e. The number of allylic oxidation sites excluding steroid dienone is 1. The molecule has 1 atom stereocenters. The molecule has 1 aliphatic carbocycles. The fourth-order valence-corrected chi connectivity index (χ4v) is 2.58. The summed E-state index contributed by atoms with van der Waals surface area (Å²) in [6, 6.07) is 0.514. The van der Waals surface area contributed by atoms with Crippen molar-refractivity contribution >= 4 is 0 Å². The third-order valence-electron chi connectivity index (χ3n) is 3.49. The summed E-state index contributed by atoms with van der Waals surface area (Å²) in [5.41, 5.74) is 7.77. The number of nitrogens with zero attached hydrogens (tertiary/aromatic N) is 3. The third kappa shape index (κ3) is 3.42. The molecule has 0 fully saturated rings. The van der Waals surface area contributed by atoms with Gasteiger partial charge < -0.3 is 5.73 Å².